The highest BCUT2D eigenvalue weighted by molar-refractivity contribution is 9.11. The summed E-state index contributed by atoms with van der Waals surface area (Å²) >= 11 is 4.62. The number of aliphatic carboxylic acids is 1. The number of hydrogen-bond acceptors (Lipinski definition) is 3. The van der Waals surface area contributed by atoms with Crippen molar-refractivity contribution >= 4 is 44.8 Å². The van der Waals surface area contributed by atoms with Gasteiger partial charge in [0.2, 0.25) is 0 Å². The van der Waals surface area contributed by atoms with Gasteiger partial charge in [-0.05, 0) is 39.7 Å². The van der Waals surface area contributed by atoms with Crippen molar-refractivity contribution < 1.29 is 14.7 Å². The predicted octanol–water partition coefficient (Wildman–Crippen LogP) is 3.39. The fourth-order valence-electron chi connectivity index (χ4n) is 1.58. The Morgan fingerprint density at radius 1 is 1.21 bits per heavy atom. The first kappa shape index (κ1) is 13.8. The van der Waals surface area contributed by atoms with E-state index in [1.54, 1.807) is 36.4 Å². The third-order valence-corrected chi connectivity index (χ3v) is 4.03. The number of carbonyl (C=O) groups is 2. The monoisotopic (exact) mass is 339 g/mol. The minimum Gasteiger partial charge on any atom is -0.481 e. The Labute approximate surface area is 122 Å². The van der Waals surface area contributed by atoms with E-state index in [0.717, 1.165) is 3.79 Å². The molecular formula is C13H10BrNO3S. The Morgan fingerprint density at radius 3 is 2.58 bits per heavy atom. The van der Waals surface area contributed by atoms with E-state index in [4.69, 9.17) is 5.11 Å². The van der Waals surface area contributed by atoms with Crippen molar-refractivity contribution in [3.8, 4) is 0 Å². The van der Waals surface area contributed by atoms with Crippen LogP contribution in [-0.4, -0.2) is 17.0 Å². The fraction of sp³-hybridized carbons (Fsp3) is 0.0769. The summed E-state index contributed by atoms with van der Waals surface area (Å²) in [4.78, 5) is 23.3. The maximum absolute atomic E-state index is 12.0. The Hall–Kier alpha value is -1.66. The second-order valence-electron chi connectivity index (χ2n) is 3.79. The van der Waals surface area contributed by atoms with Gasteiger partial charge in [-0.1, -0.05) is 18.2 Å². The van der Waals surface area contributed by atoms with Crippen LogP contribution in [0.5, 0.6) is 0 Å². The number of anilines is 1. The van der Waals surface area contributed by atoms with Crippen LogP contribution in [0.25, 0.3) is 0 Å². The van der Waals surface area contributed by atoms with Crippen LogP contribution in [0.1, 0.15) is 15.2 Å². The smallest absolute Gasteiger partial charge is 0.307 e. The zero-order valence-corrected chi connectivity index (χ0v) is 12.1. The van der Waals surface area contributed by atoms with E-state index >= 15 is 0 Å². The maximum Gasteiger partial charge on any atom is 0.307 e. The highest BCUT2D eigenvalue weighted by Gasteiger charge is 2.12. The molecule has 0 spiro atoms. The van der Waals surface area contributed by atoms with Gasteiger partial charge in [-0.3, -0.25) is 9.59 Å². The molecule has 1 heterocycles. The SMILES string of the molecule is O=C(O)Cc1ccccc1NC(=O)c1ccc(Br)s1. The number of rotatable bonds is 4. The quantitative estimate of drug-likeness (QED) is 0.897. The van der Waals surface area contributed by atoms with Gasteiger partial charge in [0.1, 0.15) is 0 Å². The van der Waals surface area contributed by atoms with Gasteiger partial charge >= 0.3 is 5.97 Å². The van der Waals surface area contributed by atoms with Crippen LogP contribution < -0.4 is 5.32 Å². The summed E-state index contributed by atoms with van der Waals surface area (Å²) in [5, 5.41) is 11.6. The number of halogens is 1. The van der Waals surface area contributed by atoms with Gasteiger partial charge in [-0.25, -0.2) is 0 Å². The number of thiophene rings is 1. The Morgan fingerprint density at radius 2 is 1.95 bits per heavy atom. The average molecular weight is 340 g/mol. The number of carbonyl (C=O) groups excluding carboxylic acids is 1. The molecule has 1 aromatic heterocycles. The standard InChI is InChI=1S/C13H10BrNO3S/c14-11-6-5-10(19-11)13(18)15-9-4-2-1-3-8(9)7-12(16)17/h1-6H,7H2,(H,15,18)(H,16,17). The number of carboxylic acids is 1. The molecule has 0 saturated heterocycles. The Bertz CT molecular complexity index is 624. The molecule has 1 aromatic carbocycles. The molecule has 1 amide bonds. The van der Waals surface area contributed by atoms with Crippen LogP contribution in [-0.2, 0) is 11.2 Å². The van der Waals surface area contributed by atoms with Crippen molar-refractivity contribution in [1.29, 1.82) is 0 Å². The zero-order valence-electron chi connectivity index (χ0n) is 9.72. The highest BCUT2D eigenvalue weighted by atomic mass is 79.9. The van der Waals surface area contributed by atoms with Gasteiger partial charge in [-0.15, -0.1) is 11.3 Å². The Kier molecular flexibility index (Phi) is 4.34. The van der Waals surface area contributed by atoms with Crippen LogP contribution in [0, 0.1) is 0 Å². The second kappa shape index (κ2) is 5.99. The third kappa shape index (κ3) is 3.65. The number of benzene rings is 1. The number of para-hydroxylation sites is 1. The molecule has 6 heteroatoms. The van der Waals surface area contributed by atoms with E-state index in [-0.39, 0.29) is 12.3 Å². The van der Waals surface area contributed by atoms with E-state index < -0.39 is 5.97 Å². The molecule has 0 aliphatic heterocycles. The second-order valence-corrected chi connectivity index (χ2v) is 6.25. The number of hydrogen-bond donors (Lipinski definition) is 2. The molecule has 0 fully saturated rings. The summed E-state index contributed by atoms with van der Waals surface area (Å²) < 4.78 is 0.872. The summed E-state index contributed by atoms with van der Waals surface area (Å²) in [5.41, 5.74) is 1.11. The molecule has 4 nitrogen and oxygen atoms in total. The lowest BCUT2D eigenvalue weighted by Gasteiger charge is -2.08. The van der Waals surface area contributed by atoms with Crippen molar-refractivity contribution in [2.24, 2.45) is 0 Å². The van der Waals surface area contributed by atoms with Crippen molar-refractivity contribution in [3.63, 3.8) is 0 Å². The molecule has 0 aliphatic carbocycles. The molecule has 98 valence electrons. The van der Waals surface area contributed by atoms with Crippen LogP contribution in [0.15, 0.2) is 40.2 Å². The molecule has 0 saturated carbocycles. The zero-order chi connectivity index (χ0) is 13.8. The van der Waals surface area contributed by atoms with Gasteiger partial charge in [0, 0.05) is 5.69 Å². The van der Waals surface area contributed by atoms with E-state index in [0.29, 0.717) is 16.1 Å². The summed E-state index contributed by atoms with van der Waals surface area (Å²) in [6.45, 7) is 0. The van der Waals surface area contributed by atoms with E-state index in [1.807, 2.05) is 0 Å². The molecule has 0 atom stereocenters. The summed E-state index contributed by atoms with van der Waals surface area (Å²) in [6.07, 6.45) is -0.120. The van der Waals surface area contributed by atoms with Crippen LogP contribution in [0.3, 0.4) is 0 Å². The van der Waals surface area contributed by atoms with Crippen LogP contribution >= 0.6 is 27.3 Å². The van der Waals surface area contributed by atoms with Crippen molar-refractivity contribution in [1.82, 2.24) is 0 Å². The molecular weight excluding hydrogens is 330 g/mol. The van der Waals surface area contributed by atoms with Crippen molar-refractivity contribution in [2.75, 3.05) is 5.32 Å². The molecule has 2 N–H and O–H groups in total. The lowest BCUT2D eigenvalue weighted by Crippen LogP contribution is -2.13. The van der Waals surface area contributed by atoms with Gasteiger partial charge in [0.15, 0.2) is 0 Å². The molecule has 0 radical (unpaired) electrons. The molecule has 2 rings (SSSR count). The Balaban J connectivity index is 2.19. The molecule has 19 heavy (non-hydrogen) atoms. The topological polar surface area (TPSA) is 66.4 Å². The van der Waals surface area contributed by atoms with Gasteiger partial charge in [-0.2, -0.15) is 0 Å². The highest BCUT2D eigenvalue weighted by Crippen LogP contribution is 2.24. The van der Waals surface area contributed by atoms with E-state index in [9.17, 15) is 9.59 Å². The van der Waals surface area contributed by atoms with Crippen LogP contribution in [0.4, 0.5) is 5.69 Å². The number of nitrogens with one attached hydrogen (secondary N) is 1. The summed E-state index contributed by atoms with van der Waals surface area (Å²) in [7, 11) is 0. The lowest BCUT2D eigenvalue weighted by molar-refractivity contribution is -0.136. The fourth-order valence-corrected chi connectivity index (χ4v) is 2.86. The van der Waals surface area contributed by atoms with Gasteiger partial charge in [0.25, 0.3) is 5.91 Å². The van der Waals surface area contributed by atoms with Gasteiger partial charge in [0.05, 0.1) is 15.1 Å². The molecule has 2 aromatic rings. The molecule has 0 unspecified atom stereocenters. The summed E-state index contributed by atoms with van der Waals surface area (Å²) in [5.74, 6) is -1.17. The minimum absolute atomic E-state index is 0.120. The van der Waals surface area contributed by atoms with E-state index in [1.165, 1.54) is 11.3 Å². The summed E-state index contributed by atoms with van der Waals surface area (Å²) in [6, 6.07) is 10.4. The lowest BCUT2D eigenvalue weighted by atomic mass is 10.1. The average Bonchev–Trinajstić information content (AvgIpc) is 2.78. The first-order valence-corrected chi connectivity index (χ1v) is 7.03. The minimum atomic E-state index is -0.930. The number of amides is 1. The normalized spacial score (nSPS) is 10.2. The first-order chi connectivity index (χ1) is 9.06. The van der Waals surface area contributed by atoms with Crippen molar-refractivity contribution in [3.05, 3.63) is 50.6 Å². The van der Waals surface area contributed by atoms with E-state index in [2.05, 4.69) is 21.2 Å². The number of carboxylic acid groups (broad SMARTS) is 1. The molecule has 0 aliphatic rings. The molecule has 0 bridgehead atoms. The predicted molar refractivity (Wildman–Crippen MR) is 77.8 cm³/mol. The largest absolute Gasteiger partial charge is 0.481 e. The van der Waals surface area contributed by atoms with Crippen molar-refractivity contribution in [2.45, 2.75) is 6.42 Å². The van der Waals surface area contributed by atoms with Crippen LogP contribution in [0.2, 0.25) is 0 Å². The maximum atomic E-state index is 12.0. The third-order valence-electron chi connectivity index (χ3n) is 2.40. The first-order valence-electron chi connectivity index (χ1n) is 5.42. The van der Waals surface area contributed by atoms with Gasteiger partial charge < -0.3 is 10.4 Å².